The van der Waals surface area contributed by atoms with Crippen molar-refractivity contribution in [3.8, 4) is 0 Å². The number of nitrogens with zero attached hydrogens (tertiary/aromatic N) is 1. The molecule has 0 rings (SSSR count). The van der Waals surface area contributed by atoms with E-state index in [9.17, 15) is 18.0 Å². The summed E-state index contributed by atoms with van der Waals surface area (Å²) in [5.74, 6) is 0. The van der Waals surface area contributed by atoms with Crippen molar-refractivity contribution in [3.63, 3.8) is 0 Å². The van der Waals surface area contributed by atoms with Gasteiger partial charge in [-0.2, -0.15) is 8.78 Å². The molecule has 0 saturated heterocycles. The molecule has 0 unspecified atom stereocenters. The summed E-state index contributed by atoms with van der Waals surface area (Å²) in [7, 11) is 0.724. The van der Waals surface area contributed by atoms with Gasteiger partial charge >= 0.3 is 12.1 Å². The molecule has 3 nitrogen and oxygen atoms in total. The minimum atomic E-state index is -3.79. The number of nitrogens with two attached hydrogens (primary N) is 1. The van der Waals surface area contributed by atoms with Gasteiger partial charge in [0.1, 0.15) is 0 Å². The van der Waals surface area contributed by atoms with Gasteiger partial charge in [-0.25, -0.2) is 9.18 Å². The SMILES string of the molecule is CN(C(N)=O)C(F)(F)CF. The van der Waals surface area contributed by atoms with Gasteiger partial charge in [-0.3, -0.25) is 4.90 Å². The van der Waals surface area contributed by atoms with Gasteiger partial charge in [-0.1, -0.05) is 0 Å². The Morgan fingerprint density at radius 3 is 2.20 bits per heavy atom. The Labute approximate surface area is 55.6 Å². The van der Waals surface area contributed by atoms with Crippen molar-refractivity contribution in [3.05, 3.63) is 0 Å². The average Bonchev–Trinajstić information content (AvgIpc) is 1.86. The molecule has 0 bridgehead atoms. The van der Waals surface area contributed by atoms with Crippen LogP contribution >= 0.6 is 0 Å². The molecule has 0 aromatic rings. The predicted octanol–water partition coefficient (Wildman–Crippen LogP) is 0.559. The van der Waals surface area contributed by atoms with Crippen LogP contribution in [0.2, 0.25) is 0 Å². The fourth-order valence-electron chi connectivity index (χ4n) is 0.251. The number of hydrogen-bond acceptors (Lipinski definition) is 1. The summed E-state index contributed by atoms with van der Waals surface area (Å²) in [5.41, 5.74) is 4.44. The van der Waals surface area contributed by atoms with Crippen molar-refractivity contribution in [1.82, 2.24) is 4.90 Å². The van der Waals surface area contributed by atoms with Crippen LogP contribution in [0.5, 0.6) is 0 Å². The van der Waals surface area contributed by atoms with E-state index in [0.717, 1.165) is 7.05 Å². The second kappa shape index (κ2) is 2.76. The summed E-state index contributed by atoms with van der Waals surface area (Å²) < 4.78 is 35.5. The number of alkyl halides is 3. The molecule has 0 aliphatic heterocycles. The molecule has 2 amide bonds. The normalized spacial score (nSPS) is 11.2. The summed E-state index contributed by atoms with van der Waals surface area (Å²) in [6.07, 6.45) is 0. The molecule has 10 heavy (non-hydrogen) atoms. The molecule has 0 aromatic heterocycles. The number of carbonyl (C=O) groups excluding carboxylic acids is 1. The van der Waals surface area contributed by atoms with Gasteiger partial charge in [0.15, 0.2) is 6.67 Å². The van der Waals surface area contributed by atoms with E-state index in [-0.39, 0.29) is 4.90 Å². The lowest BCUT2D eigenvalue weighted by molar-refractivity contribution is -0.121. The fourth-order valence-corrected chi connectivity index (χ4v) is 0.251. The maximum absolute atomic E-state index is 12.0. The van der Waals surface area contributed by atoms with Gasteiger partial charge in [0, 0.05) is 7.05 Å². The number of amides is 2. The van der Waals surface area contributed by atoms with Gasteiger partial charge in [0.25, 0.3) is 0 Å². The second-order valence-corrected chi connectivity index (χ2v) is 1.70. The first-order valence-corrected chi connectivity index (χ1v) is 2.39. The van der Waals surface area contributed by atoms with Gasteiger partial charge in [-0.15, -0.1) is 0 Å². The van der Waals surface area contributed by atoms with Crippen LogP contribution in [-0.2, 0) is 0 Å². The zero-order chi connectivity index (χ0) is 8.36. The molecule has 2 N–H and O–H groups in total. The lowest BCUT2D eigenvalue weighted by Gasteiger charge is -2.22. The van der Waals surface area contributed by atoms with Crippen molar-refractivity contribution < 1.29 is 18.0 Å². The number of hydrogen-bond donors (Lipinski definition) is 1. The van der Waals surface area contributed by atoms with Crippen molar-refractivity contribution in [1.29, 1.82) is 0 Å². The van der Waals surface area contributed by atoms with Crippen LogP contribution in [0.1, 0.15) is 0 Å². The number of carbonyl (C=O) groups is 1. The Balaban J connectivity index is 4.17. The van der Waals surface area contributed by atoms with E-state index in [1.54, 1.807) is 0 Å². The highest BCUT2D eigenvalue weighted by Gasteiger charge is 2.36. The highest BCUT2D eigenvalue weighted by atomic mass is 19.3. The largest absolute Gasteiger partial charge is 0.357 e. The van der Waals surface area contributed by atoms with Gasteiger partial charge < -0.3 is 5.73 Å². The molecule has 60 valence electrons. The molecule has 0 aliphatic carbocycles. The van der Waals surface area contributed by atoms with Crippen LogP contribution in [0.15, 0.2) is 0 Å². The highest BCUT2D eigenvalue weighted by Crippen LogP contribution is 2.17. The summed E-state index contributed by atoms with van der Waals surface area (Å²) in [4.78, 5) is 9.85. The molecule has 0 fully saturated rings. The molecule has 0 heterocycles. The van der Waals surface area contributed by atoms with E-state index >= 15 is 0 Å². The van der Waals surface area contributed by atoms with E-state index in [4.69, 9.17) is 0 Å². The Hall–Kier alpha value is -0.940. The Kier molecular flexibility index (Phi) is 2.50. The maximum atomic E-state index is 12.0. The van der Waals surface area contributed by atoms with Crippen molar-refractivity contribution in [2.24, 2.45) is 5.73 Å². The maximum Gasteiger partial charge on any atom is 0.357 e. The van der Waals surface area contributed by atoms with Crippen molar-refractivity contribution in [2.45, 2.75) is 6.05 Å². The number of rotatable bonds is 2. The monoisotopic (exact) mass is 156 g/mol. The lowest BCUT2D eigenvalue weighted by Crippen LogP contribution is -2.47. The van der Waals surface area contributed by atoms with Crippen LogP contribution in [-0.4, -0.2) is 30.7 Å². The Morgan fingerprint density at radius 1 is 1.70 bits per heavy atom. The third kappa shape index (κ3) is 1.78. The first-order valence-electron chi connectivity index (χ1n) is 2.39. The van der Waals surface area contributed by atoms with Gasteiger partial charge in [0.2, 0.25) is 0 Å². The molecule has 0 saturated carbocycles. The molecule has 0 aliphatic rings. The van der Waals surface area contributed by atoms with Crippen LogP contribution < -0.4 is 5.73 Å². The summed E-state index contributed by atoms with van der Waals surface area (Å²) in [6.45, 7) is -1.92. The van der Waals surface area contributed by atoms with Gasteiger partial charge in [0.05, 0.1) is 0 Å². The average molecular weight is 156 g/mol. The predicted molar refractivity (Wildman–Crippen MR) is 28.3 cm³/mol. The smallest absolute Gasteiger partial charge is 0.351 e. The van der Waals surface area contributed by atoms with E-state index in [1.165, 1.54) is 0 Å². The molecular weight excluding hydrogens is 149 g/mol. The van der Waals surface area contributed by atoms with Crippen LogP contribution in [0.4, 0.5) is 18.0 Å². The third-order valence-electron chi connectivity index (χ3n) is 0.982. The summed E-state index contributed by atoms with van der Waals surface area (Å²) >= 11 is 0. The van der Waals surface area contributed by atoms with E-state index in [2.05, 4.69) is 5.73 Å². The van der Waals surface area contributed by atoms with Crippen LogP contribution in [0.3, 0.4) is 0 Å². The minimum Gasteiger partial charge on any atom is -0.351 e. The summed E-state index contributed by atoms with van der Waals surface area (Å²) in [5, 5.41) is 0. The number of halogens is 3. The number of primary amides is 1. The third-order valence-corrected chi connectivity index (χ3v) is 0.982. The first kappa shape index (κ1) is 9.06. The molecule has 6 heteroatoms. The molecule has 0 radical (unpaired) electrons. The molecular formula is C4H7F3N2O. The van der Waals surface area contributed by atoms with E-state index in [1.807, 2.05) is 0 Å². The highest BCUT2D eigenvalue weighted by molar-refractivity contribution is 5.72. The topological polar surface area (TPSA) is 46.3 Å². The van der Waals surface area contributed by atoms with Crippen LogP contribution in [0, 0.1) is 0 Å². The molecule has 0 aromatic carbocycles. The number of urea groups is 1. The summed E-state index contributed by atoms with van der Waals surface area (Å²) in [6, 6.07) is -5.14. The van der Waals surface area contributed by atoms with Crippen LogP contribution in [0.25, 0.3) is 0 Å². The van der Waals surface area contributed by atoms with E-state index < -0.39 is 18.8 Å². The minimum absolute atomic E-state index is 0.160. The standard InChI is InChI=1S/C4H7F3N2O/c1-9(3(8)10)4(6,7)2-5/h2H2,1H3,(H2,8,10). The zero-order valence-electron chi connectivity index (χ0n) is 5.27. The quantitative estimate of drug-likeness (QED) is 0.583. The Morgan fingerprint density at radius 2 is 2.10 bits per heavy atom. The zero-order valence-corrected chi connectivity index (χ0v) is 5.27. The van der Waals surface area contributed by atoms with Crippen molar-refractivity contribution in [2.75, 3.05) is 13.7 Å². The molecule has 0 atom stereocenters. The molecule has 0 spiro atoms. The van der Waals surface area contributed by atoms with E-state index in [0.29, 0.717) is 0 Å². The fraction of sp³-hybridized carbons (Fsp3) is 0.750. The Bertz CT molecular complexity index is 138. The lowest BCUT2D eigenvalue weighted by atomic mass is 10.5. The first-order chi connectivity index (χ1) is 4.41. The second-order valence-electron chi connectivity index (χ2n) is 1.70. The van der Waals surface area contributed by atoms with Crippen molar-refractivity contribution >= 4 is 6.03 Å². The van der Waals surface area contributed by atoms with Gasteiger partial charge in [-0.05, 0) is 0 Å².